The first-order chi connectivity index (χ1) is 16.9. The largest absolute Gasteiger partial charge is 0.468 e. The van der Waals surface area contributed by atoms with Gasteiger partial charge in [0.05, 0.1) is 30.7 Å². The summed E-state index contributed by atoms with van der Waals surface area (Å²) >= 11 is 1.35. The van der Waals surface area contributed by atoms with E-state index in [4.69, 9.17) is 4.74 Å². The number of fused-ring (bicyclic) bond motifs is 1. The van der Waals surface area contributed by atoms with Crippen molar-refractivity contribution in [3.63, 3.8) is 0 Å². The molecule has 0 aliphatic carbocycles. The zero-order valence-corrected chi connectivity index (χ0v) is 20.6. The maximum absolute atomic E-state index is 14.2. The van der Waals surface area contributed by atoms with Gasteiger partial charge in [0, 0.05) is 16.8 Å². The van der Waals surface area contributed by atoms with Crippen LogP contribution in [0.15, 0.2) is 89.0 Å². The summed E-state index contributed by atoms with van der Waals surface area (Å²) in [5, 5.41) is 21.1. The van der Waals surface area contributed by atoms with Gasteiger partial charge in [0.1, 0.15) is 0 Å². The third-order valence-corrected chi connectivity index (χ3v) is 7.97. The van der Waals surface area contributed by atoms with Gasteiger partial charge in [-0.15, -0.1) is 11.8 Å². The number of hydrogen-bond acceptors (Lipinski definition) is 6. The van der Waals surface area contributed by atoms with Gasteiger partial charge >= 0.3 is 5.97 Å². The molecule has 0 radical (unpaired) electrons. The molecule has 4 rings (SSSR count). The lowest BCUT2D eigenvalue weighted by atomic mass is 9.64. The molecule has 2 aliphatic heterocycles. The van der Waals surface area contributed by atoms with E-state index in [1.807, 2.05) is 50.2 Å². The molecule has 7 heteroatoms. The second kappa shape index (κ2) is 9.44. The highest BCUT2D eigenvalue weighted by atomic mass is 32.2. The molecule has 1 fully saturated rings. The molecule has 2 aromatic carbocycles. The number of carbonyl (C=O) groups excluding carboxylic acids is 2. The molecular weight excluding hydrogens is 458 g/mol. The van der Waals surface area contributed by atoms with Gasteiger partial charge in [-0.25, -0.2) is 0 Å². The Balaban J connectivity index is 2.04. The van der Waals surface area contributed by atoms with Crippen molar-refractivity contribution in [2.75, 3.05) is 12.9 Å². The van der Waals surface area contributed by atoms with Crippen LogP contribution in [0.3, 0.4) is 0 Å². The maximum Gasteiger partial charge on any atom is 0.323 e. The van der Waals surface area contributed by atoms with Gasteiger partial charge in [-0.2, -0.15) is 10.5 Å². The molecule has 0 unspecified atom stereocenters. The molecule has 0 spiro atoms. The molecule has 35 heavy (non-hydrogen) atoms. The SMILES string of the molecule is COC(=O)[C@@]1(CSc2ccccc2)C(=O)N2C=CC(C(C)C)=C(C#N)[C@@]2(C#N)[C@@H]1c1ccccc1. The van der Waals surface area contributed by atoms with Crippen molar-refractivity contribution in [1.82, 2.24) is 4.90 Å². The number of amides is 1. The van der Waals surface area contributed by atoms with Crippen molar-refractivity contribution in [1.29, 1.82) is 10.5 Å². The van der Waals surface area contributed by atoms with E-state index in [1.165, 1.54) is 23.8 Å². The number of methoxy groups -OCH3 is 1. The molecule has 176 valence electrons. The van der Waals surface area contributed by atoms with Gasteiger partial charge in [-0.1, -0.05) is 62.4 Å². The van der Waals surface area contributed by atoms with Crippen LogP contribution in [0, 0.1) is 34.0 Å². The summed E-state index contributed by atoms with van der Waals surface area (Å²) in [5.41, 5.74) is -1.93. The Morgan fingerprint density at radius 2 is 1.74 bits per heavy atom. The monoisotopic (exact) mass is 483 g/mol. The second-order valence-corrected chi connectivity index (χ2v) is 9.92. The van der Waals surface area contributed by atoms with E-state index in [1.54, 1.807) is 36.5 Å². The Labute approximate surface area is 209 Å². The standard InChI is InChI=1S/C28H25N3O3S/c1-19(2)22-14-15-31-25(32)27(26(33)34-3,18-35-21-12-8-5-9-13-21)24(20-10-6-4-7-11-20)28(31,17-30)23(22)16-29/h4-15,19,24H,18H2,1-3H3/t24-,27-,28+/m1/s1. The number of nitrogens with zero attached hydrogens (tertiary/aromatic N) is 3. The van der Waals surface area contributed by atoms with Gasteiger partial charge in [0.25, 0.3) is 0 Å². The lowest BCUT2D eigenvalue weighted by Crippen LogP contribution is -2.49. The van der Waals surface area contributed by atoms with E-state index >= 15 is 0 Å². The van der Waals surface area contributed by atoms with Gasteiger partial charge in [-0.05, 0) is 35.3 Å². The average molecular weight is 484 g/mol. The normalized spacial score (nSPS) is 25.3. The Morgan fingerprint density at radius 1 is 1.11 bits per heavy atom. The quantitative estimate of drug-likeness (QED) is 0.332. The third-order valence-electron chi connectivity index (χ3n) is 6.76. The highest BCUT2D eigenvalue weighted by Gasteiger charge is 2.73. The van der Waals surface area contributed by atoms with Crippen LogP contribution in [0.2, 0.25) is 0 Å². The second-order valence-electron chi connectivity index (χ2n) is 8.87. The maximum atomic E-state index is 14.2. The highest BCUT2D eigenvalue weighted by molar-refractivity contribution is 7.99. The summed E-state index contributed by atoms with van der Waals surface area (Å²) < 4.78 is 5.25. The molecule has 0 bridgehead atoms. The zero-order chi connectivity index (χ0) is 25.2. The number of carbonyl (C=O) groups is 2. The minimum Gasteiger partial charge on any atom is -0.468 e. The topological polar surface area (TPSA) is 94.2 Å². The van der Waals surface area contributed by atoms with Crippen LogP contribution in [0.25, 0.3) is 0 Å². The number of thioether (sulfide) groups is 1. The first-order valence-electron chi connectivity index (χ1n) is 11.3. The van der Waals surface area contributed by atoms with Gasteiger partial charge < -0.3 is 4.74 Å². The Hall–Kier alpha value is -3.81. The lowest BCUT2D eigenvalue weighted by Gasteiger charge is -2.39. The number of benzene rings is 2. The molecule has 1 amide bonds. The van der Waals surface area contributed by atoms with Crippen molar-refractivity contribution in [2.24, 2.45) is 11.3 Å². The van der Waals surface area contributed by atoms with Gasteiger partial charge in [-0.3, -0.25) is 14.5 Å². The van der Waals surface area contributed by atoms with Crippen LogP contribution < -0.4 is 0 Å². The third kappa shape index (κ3) is 3.55. The summed E-state index contributed by atoms with van der Waals surface area (Å²) in [6.45, 7) is 3.87. The van der Waals surface area contributed by atoms with Crippen molar-refractivity contribution >= 4 is 23.6 Å². The first kappa shape index (κ1) is 24.3. The van der Waals surface area contributed by atoms with Crippen LogP contribution in [-0.2, 0) is 14.3 Å². The van der Waals surface area contributed by atoms with E-state index in [9.17, 15) is 20.1 Å². The van der Waals surface area contributed by atoms with Crippen molar-refractivity contribution in [3.8, 4) is 12.1 Å². The molecule has 1 saturated heterocycles. The fourth-order valence-electron chi connectivity index (χ4n) is 5.18. The first-order valence-corrected chi connectivity index (χ1v) is 12.3. The molecule has 0 saturated carbocycles. The number of esters is 1. The van der Waals surface area contributed by atoms with Crippen LogP contribution in [0.4, 0.5) is 0 Å². The van der Waals surface area contributed by atoms with Crippen molar-refractivity contribution in [3.05, 3.63) is 89.6 Å². The highest BCUT2D eigenvalue weighted by Crippen LogP contribution is 2.60. The lowest BCUT2D eigenvalue weighted by molar-refractivity contribution is -0.157. The number of ether oxygens (including phenoxy) is 1. The van der Waals surface area contributed by atoms with E-state index < -0.39 is 28.7 Å². The minimum absolute atomic E-state index is 0.0472. The molecule has 6 nitrogen and oxygen atoms in total. The van der Waals surface area contributed by atoms with Crippen molar-refractivity contribution in [2.45, 2.75) is 30.2 Å². The fourth-order valence-corrected chi connectivity index (χ4v) is 6.34. The fraction of sp³-hybridized carbons (Fsp3) is 0.286. The average Bonchev–Trinajstić information content (AvgIpc) is 3.12. The summed E-state index contributed by atoms with van der Waals surface area (Å²) in [7, 11) is 1.25. The van der Waals surface area contributed by atoms with E-state index in [0.29, 0.717) is 11.1 Å². The minimum atomic E-state index is -1.73. The summed E-state index contributed by atoms with van der Waals surface area (Å²) in [6, 6.07) is 23.1. The number of hydrogen-bond donors (Lipinski definition) is 0. The molecule has 0 N–H and O–H groups in total. The van der Waals surface area contributed by atoms with Crippen LogP contribution in [0.5, 0.6) is 0 Å². The van der Waals surface area contributed by atoms with Gasteiger partial charge in [0.15, 0.2) is 11.0 Å². The smallest absolute Gasteiger partial charge is 0.323 e. The summed E-state index contributed by atoms with van der Waals surface area (Å²) in [5.74, 6) is -2.25. The number of nitriles is 2. The predicted octanol–water partition coefficient (Wildman–Crippen LogP) is 4.83. The molecule has 0 aromatic heterocycles. The summed E-state index contributed by atoms with van der Waals surface area (Å²) in [4.78, 5) is 30.1. The molecule has 2 aliphatic rings. The zero-order valence-electron chi connectivity index (χ0n) is 19.8. The number of rotatable bonds is 6. The van der Waals surface area contributed by atoms with Gasteiger partial charge in [0.2, 0.25) is 5.91 Å². The van der Waals surface area contributed by atoms with Crippen LogP contribution >= 0.6 is 11.8 Å². The molecule has 3 atom stereocenters. The number of allylic oxidation sites excluding steroid dienone is 2. The van der Waals surface area contributed by atoms with E-state index in [2.05, 4.69) is 12.1 Å². The van der Waals surface area contributed by atoms with Crippen LogP contribution in [-0.4, -0.2) is 35.2 Å². The van der Waals surface area contributed by atoms with E-state index in [0.717, 1.165) is 4.90 Å². The molecule has 2 aromatic rings. The Morgan fingerprint density at radius 3 is 2.29 bits per heavy atom. The Kier molecular flexibility index (Phi) is 6.56. The molecular formula is C28H25N3O3S. The van der Waals surface area contributed by atoms with Crippen LogP contribution in [0.1, 0.15) is 25.3 Å². The molecule has 2 heterocycles. The van der Waals surface area contributed by atoms with Crippen molar-refractivity contribution < 1.29 is 14.3 Å². The predicted molar refractivity (Wildman–Crippen MR) is 133 cm³/mol. The van der Waals surface area contributed by atoms with E-state index in [-0.39, 0.29) is 17.2 Å². The Bertz CT molecular complexity index is 1290. The summed E-state index contributed by atoms with van der Waals surface area (Å²) in [6.07, 6.45) is 3.26.